The van der Waals surface area contributed by atoms with Gasteiger partial charge in [-0.05, 0) is 13.3 Å². The predicted molar refractivity (Wildman–Crippen MR) is 42.3 cm³/mol. The molecule has 0 aliphatic carbocycles. The predicted octanol–water partition coefficient (Wildman–Crippen LogP) is 1.94. The van der Waals surface area contributed by atoms with Gasteiger partial charge in [0.1, 0.15) is 5.15 Å². The second-order valence-electron chi connectivity index (χ2n) is 2.34. The van der Waals surface area contributed by atoms with E-state index in [9.17, 15) is 0 Å². The summed E-state index contributed by atoms with van der Waals surface area (Å²) in [6.07, 6.45) is 0.951. The number of rotatable bonds is 1. The van der Waals surface area contributed by atoms with Gasteiger partial charge >= 0.3 is 0 Å². The van der Waals surface area contributed by atoms with E-state index in [4.69, 9.17) is 11.6 Å². The molecule has 1 aromatic rings. The van der Waals surface area contributed by atoms with Crippen molar-refractivity contribution in [3.8, 4) is 0 Å². The summed E-state index contributed by atoms with van der Waals surface area (Å²) in [7, 11) is 1.86. The van der Waals surface area contributed by atoms with Gasteiger partial charge in [-0.3, -0.25) is 4.68 Å². The molecule has 56 valence electrons. The average Bonchev–Trinajstić information content (AvgIpc) is 2.17. The van der Waals surface area contributed by atoms with E-state index in [1.165, 1.54) is 0 Å². The molecule has 10 heavy (non-hydrogen) atoms. The second kappa shape index (κ2) is 2.62. The van der Waals surface area contributed by atoms with Crippen LogP contribution in [0.5, 0.6) is 0 Å². The summed E-state index contributed by atoms with van der Waals surface area (Å²) in [6, 6.07) is 0. The summed E-state index contributed by atoms with van der Waals surface area (Å²) in [5.74, 6) is 0. The van der Waals surface area contributed by atoms with Crippen molar-refractivity contribution in [2.45, 2.75) is 20.3 Å². The van der Waals surface area contributed by atoms with Crippen LogP contribution in [0.4, 0.5) is 0 Å². The van der Waals surface area contributed by atoms with E-state index in [0.717, 1.165) is 22.8 Å². The Balaban J connectivity index is 3.17. The first-order valence-electron chi connectivity index (χ1n) is 3.34. The second-order valence-corrected chi connectivity index (χ2v) is 2.70. The SMILES string of the molecule is CCc1nn(C)c(Cl)c1C. The van der Waals surface area contributed by atoms with E-state index in [2.05, 4.69) is 12.0 Å². The Kier molecular flexibility index (Phi) is 2.00. The summed E-state index contributed by atoms with van der Waals surface area (Å²) >= 11 is 5.88. The molecule has 0 amide bonds. The number of aromatic nitrogens is 2. The first kappa shape index (κ1) is 7.61. The highest BCUT2D eigenvalue weighted by Gasteiger charge is 2.06. The van der Waals surface area contributed by atoms with Crippen molar-refractivity contribution in [3.05, 3.63) is 16.4 Å². The number of hydrogen-bond acceptors (Lipinski definition) is 1. The summed E-state index contributed by atoms with van der Waals surface area (Å²) in [5.41, 5.74) is 2.19. The van der Waals surface area contributed by atoms with Gasteiger partial charge in [-0.2, -0.15) is 5.10 Å². The Morgan fingerprint density at radius 3 is 2.40 bits per heavy atom. The highest BCUT2D eigenvalue weighted by molar-refractivity contribution is 6.30. The minimum atomic E-state index is 0.747. The molecular formula is C7H11ClN2. The Bertz CT molecular complexity index is 240. The monoisotopic (exact) mass is 158 g/mol. The molecule has 0 atom stereocenters. The van der Waals surface area contributed by atoms with Gasteiger partial charge in [0.2, 0.25) is 0 Å². The van der Waals surface area contributed by atoms with Crippen molar-refractivity contribution in [1.82, 2.24) is 9.78 Å². The minimum Gasteiger partial charge on any atom is -0.257 e. The quantitative estimate of drug-likeness (QED) is 0.611. The number of halogens is 1. The molecule has 1 rings (SSSR count). The van der Waals surface area contributed by atoms with Crippen LogP contribution in [-0.4, -0.2) is 9.78 Å². The standard InChI is InChI=1S/C7H11ClN2/c1-4-6-5(2)7(8)10(3)9-6/h4H2,1-3H3. The fraction of sp³-hybridized carbons (Fsp3) is 0.571. The van der Waals surface area contributed by atoms with Crippen LogP contribution in [-0.2, 0) is 13.5 Å². The third-order valence-electron chi connectivity index (χ3n) is 1.63. The zero-order chi connectivity index (χ0) is 7.72. The Morgan fingerprint density at radius 2 is 2.20 bits per heavy atom. The number of nitrogens with zero attached hydrogens (tertiary/aromatic N) is 2. The van der Waals surface area contributed by atoms with Crippen molar-refractivity contribution in [1.29, 1.82) is 0 Å². The van der Waals surface area contributed by atoms with Gasteiger partial charge in [0, 0.05) is 12.6 Å². The molecule has 1 aromatic heterocycles. The molecule has 0 spiro atoms. The Morgan fingerprint density at radius 1 is 1.60 bits per heavy atom. The van der Waals surface area contributed by atoms with Crippen LogP contribution >= 0.6 is 11.6 Å². The lowest BCUT2D eigenvalue weighted by Crippen LogP contribution is -1.90. The van der Waals surface area contributed by atoms with Crippen LogP contribution in [0.2, 0.25) is 5.15 Å². The van der Waals surface area contributed by atoms with Crippen molar-refractivity contribution < 1.29 is 0 Å². The summed E-state index contributed by atoms with van der Waals surface area (Å²) < 4.78 is 1.70. The lowest BCUT2D eigenvalue weighted by atomic mass is 10.2. The molecule has 1 heterocycles. The van der Waals surface area contributed by atoms with Gasteiger partial charge in [-0.25, -0.2) is 0 Å². The largest absolute Gasteiger partial charge is 0.257 e. The molecule has 0 bridgehead atoms. The first-order chi connectivity index (χ1) is 4.66. The Hall–Kier alpha value is -0.500. The van der Waals surface area contributed by atoms with Crippen molar-refractivity contribution in [2.24, 2.45) is 7.05 Å². The van der Waals surface area contributed by atoms with Crippen LogP contribution in [0.3, 0.4) is 0 Å². The Labute approximate surface area is 65.8 Å². The zero-order valence-electron chi connectivity index (χ0n) is 6.48. The average molecular weight is 159 g/mol. The lowest BCUT2D eigenvalue weighted by Gasteiger charge is -1.88. The molecule has 2 nitrogen and oxygen atoms in total. The van der Waals surface area contributed by atoms with Gasteiger partial charge in [0.05, 0.1) is 5.69 Å². The molecule has 0 aromatic carbocycles. The van der Waals surface area contributed by atoms with Crippen LogP contribution < -0.4 is 0 Å². The minimum absolute atomic E-state index is 0.747. The molecule has 0 fully saturated rings. The molecule has 0 radical (unpaired) electrons. The van der Waals surface area contributed by atoms with Crippen molar-refractivity contribution >= 4 is 11.6 Å². The summed E-state index contributed by atoms with van der Waals surface area (Å²) in [4.78, 5) is 0. The summed E-state index contributed by atoms with van der Waals surface area (Å²) in [5, 5.41) is 4.96. The van der Waals surface area contributed by atoms with E-state index in [1.54, 1.807) is 4.68 Å². The van der Waals surface area contributed by atoms with Crippen LogP contribution in [0.15, 0.2) is 0 Å². The van der Waals surface area contributed by atoms with Gasteiger partial charge in [-0.1, -0.05) is 18.5 Å². The summed E-state index contributed by atoms with van der Waals surface area (Å²) in [6.45, 7) is 4.07. The van der Waals surface area contributed by atoms with Crippen molar-refractivity contribution in [3.63, 3.8) is 0 Å². The van der Waals surface area contributed by atoms with E-state index >= 15 is 0 Å². The van der Waals surface area contributed by atoms with Gasteiger partial charge in [0.25, 0.3) is 0 Å². The van der Waals surface area contributed by atoms with Crippen LogP contribution in [0.25, 0.3) is 0 Å². The van der Waals surface area contributed by atoms with E-state index in [1.807, 2.05) is 14.0 Å². The van der Waals surface area contributed by atoms with E-state index in [0.29, 0.717) is 0 Å². The molecule has 0 N–H and O–H groups in total. The smallest absolute Gasteiger partial charge is 0.129 e. The molecule has 0 aliphatic rings. The maximum atomic E-state index is 5.88. The normalized spacial score (nSPS) is 10.4. The zero-order valence-corrected chi connectivity index (χ0v) is 7.24. The van der Waals surface area contributed by atoms with Crippen LogP contribution in [0, 0.1) is 6.92 Å². The van der Waals surface area contributed by atoms with Crippen LogP contribution in [0.1, 0.15) is 18.2 Å². The molecule has 0 aliphatic heterocycles. The third kappa shape index (κ3) is 1.03. The topological polar surface area (TPSA) is 17.8 Å². The first-order valence-corrected chi connectivity index (χ1v) is 3.72. The number of aryl methyl sites for hydroxylation is 2. The molecule has 3 heteroatoms. The van der Waals surface area contributed by atoms with Gasteiger partial charge in [0.15, 0.2) is 0 Å². The van der Waals surface area contributed by atoms with Gasteiger partial charge < -0.3 is 0 Å². The van der Waals surface area contributed by atoms with Gasteiger partial charge in [-0.15, -0.1) is 0 Å². The maximum Gasteiger partial charge on any atom is 0.129 e. The highest BCUT2D eigenvalue weighted by atomic mass is 35.5. The molecule has 0 saturated heterocycles. The lowest BCUT2D eigenvalue weighted by molar-refractivity contribution is 0.747. The molecular weight excluding hydrogens is 148 g/mol. The molecule has 0 unspecified atom stereocenters. The fourth-order valence-electron chi connectivity index (χ4n) is 0.998. The highest BCUT2D eigenvalue weighted by Crippen LogP contribution is 2.17. The fourth-order valence-corrected chi connectivity index (χ4v) is 1.14. The van der Waals surface area contributed by atoms with Crippen molar-refractivity contribution in [2.75, 3.05) is 0 Å². The van der Waals surface area contributed by atoms with E-state index in [-0.39, 0.29) is 0 Å². The maximum absolute atomic E-state index is 5.88. The molecule has 0 saturated carbocycles. The third-order valence-corrected chi connectivity index (χ3v) is 2.16. The van der Waals surface area contributed by atoms with E-state index < -0.39 is 0 Å². The number of hydrogen-bond donors (Lipinski definition) is 0.